The van der Waals surface area contributed by atoms with Crippen LogP contribution in [0.1, 0.15) is 57.9 Å². The molecule has 0 spiro atoms. The molecule has 1 N–H and O–H groups in total. The van der Waals surface area contributed by atoms with Crippen LogP contribution in [0.2, 0.25) is 0 Å². The van der Waals surface area contributed by atoms with Gasteiger partial charge in [-0.25, -0.2) is 0 Å². The van der Waals surface area contributed by atoms with Crippen molar-refractivity contribution in [3.63, 3.8) is 0 Å². The van der Waals surface area contributed by atoms with Crippen LogP contribution in [-0.4, -0.2) is 5.11 Å². The van der Waals surface area contributed by atoms with Crippen molar-refractivity contribution in [2.75, 3.05) is 0 Å². The van der Waals surface area contributed by atoms with Gasteiger partial charge in [0.15, 0.2) is 0 Å². The molecule has 0 amide bonds. The van der Waals surface area contributed by atoms with Crippen molar-refractivity contribution in [1.82, 2.24) is 0 Å². The fourth-order valence-corrected chi connectivity index (χ4v) is 2.49. The first-order valence-corrected chi connectivity index (χ1v) is 8.51. The molecule has 0 fully saturated rings. The van der Waals surface area contributed by atoms with Gasteiger partial charge in [-0.3, -0.25) is 0 Å². The summed E-state index contributed by atoms with van der Waals surface area (Å²) in [6.45, 7) is 4.34. The van der Waals surface area contributed by atoms with Gasteiger partial charge < -0.3 is 5.11 Å². The highest BCUT2D eigenvalue weighted by Gasteiger charge is 2.27. The fourth-order valence-electron chi connectivity index (χ4n) is 2.49. The summed E-state index contributed by atoms with van der Waals surface area (Å²) >= 11 is 0. The summed E-state index contributed by atoms with van der Waals surface area (Å²) in [6.07, 6.45) is 6.23. The van der Waals surface area contributed by atoms with E-state index in [4.69, 9.17) is 0 Å². The molecule has 0 saturated carbocycles. The average molecular weight is 298 g/mol. The van der Waals surface area contributed by atoms with E-state index in [0.29, 0.717) is 0 Å². The Balaban J connectivity index is 0.000000335. The molecule has 1 nitrogen and oxygen atoms in total. The Hall–Kier alpha value is -1.60. The molecule has 0 heterocycles. The van der Waals surface area contributed by atoms with Crippen LogP contribution >= 0.6 is 0 Å². The number of hydrogen-bond donors (Lipinski definition) is 1. The maximum atomic E-state index is 10.7. The lowest BCUT2D eigenvalue weighted by Crippen LogP contribution is -2.25. The molecule has 2 rings (SSSR count). The zero-order valence-corrected chi connectivity index (χ0v) is 14.0. The second kappa shape index (κ2) is 11.0. The van der Waals surface area contributed by atoms with Gasteiger partial charge in [0.25, 0.3) is 0 Å². The lowest BCUT2D eigenvalue weighted by atomic mass is 9.84. The van der Waals surface area contributed by atoms with Crippen LogP contribution in [0.25, 0.3) is 0 Å². The van der Waals surface area contributed by atoms with Gasteiger partial charge in [0.2, 0.25) is 0 Å². The van der Waals surface area contributed by atoms with Gasteiger partial charge in [0.05, 0.1) is 5.60 Å². The van der Waals surface area contributed by atoms with Crippen LogP contribution in [-0.2, 0) is 5.60 Å². The third kappa shape index (κ3) is 6.91. The Morgan fingerprint density at radius 3 is 1.41 bits per heavy atom. The second-order valence-electron chi connectivity index (χ2n) is 5.76. The summed E-state index contributed by atoms with van der Waals surface area (Å²) in [7, 11) is 0. The van der Waals surface area contributed by atoms with Crippen molar-refractivity contribution in [3.8, 4) is 0 Å². The van der Waals surface area contributed by atoms with Crippen molar-refractivity contribution < 1.29 is 5.11 Å². The van der Waals surface area contributed by atoms with Crippen molar-refractivity contribution in [3.05, 3.63) is 72.3 Å². The predicted molar refractivity (Wildman–Crippen MR) is 95.8 cm³/mol. The third-order valence-electron chi connectivity index (χ3n) is 3.87. The highest BCUT2D eigenvalue weighted by atomic mass is 16.3. The minimum Gasteiger partial charge on any atom is -0.385 e. The van der Waals surface area contributed by atoms with Crippen molar-refractivity contribution in [1.29, 1.82) is 0 Å². The molecule has 0 aliphatic carbocycles. The average Bonchev–Trinajstić information content (AvgIpc) is 2.61. The summed E-state index contributed by atoms with van der Waals surface area (Å²) in [5.41, 5.74) is 0.477. The zero-order valence-electron chi connectivity index (χ0n) is 14.0. The summed E-state index contributed by atoms with van der Waals surface area (Å²) in [6, 6.07) is 22.1. The van der Waals surface area contributed by atoms with Crippen LogP contribution in [0.3, 0.4) is 0 Å². The van der Waals surface area contributed by atoms with Crippen LogP contribution in [0.4, 0.5) is 0 Å². The largest absolute Gasteiger partial charge is 0.385 e. The van der Waals surface area contributed by atoms with Gasteiger partial charge in [-0.1, -0.05) is 106 Å². The molecular formula is C21H30O. The van der Waals surface area contributed by atoms with E-state index in [9.17, 15) is 5.11 Å². The number of rotatable bonds is 7. The molecule has 2 aromatic carbocycles. The number of benzene rings is 2. The maximum absolute atomic E-state index is 10.7. The van der Waals surface area contributed by atoms with E-state index >= 15 is 0 Å². The smallest absolute Gasteiger partial charge is 0.0896 e. The van der Waals surface area contributed by atoms with E-state index in [0.717, 1.165) is 44.1 Å². The molecule has 0 radical (unpaired) electrons. The monoisotopic (exact) mass is 298 g/mol. The van der Waals surface area contributed by atoms with E-state index in [-0.39, 0.29) is 0 Å². The fraction of sp³-hybridized carbons (Fsp3) is 0.429. The Labute approximate surface area is 136 Å². The van der Waals surface area contributed by atoms with Gasteiger partial charge in [0, 0.05) is 0 Å². The summed E-state index contributed by atoms with van der Waals surface area (Å²) in [5.74, 6) is 0. The SMILES string of the molecule is CCCCC(O)(CCCC)c1ccccc1.c1ccccc1. The lowest BCUT2D eigenvalue weighted by molar-refractivity contribution is 0.0141. The molecule has 0 bridgehead atoms. The molecule has 0 aliphatic rings. The molecule has 2 aromatic rings. The van der Waals surface area contributed by atoms with Crippen LogP contribution in [0.15, 0.2) is 66.7 Å². The molecule has 120 valence electrons. The summed E-state index contributed by atoms with van der Waals surface area (Å²) in [4.78, 5) is 0. The molecule has 0 aliphatic heterocycles. The van der Waals surface area contributed by atoms with Gasteiger partial charge in [-0.15, -0.1) is 0 Å². The van der Waals surface area contributed by atoms with E-state index < -0.39 is 5.60 Å². The number of unbranched alkanes of at least 4 members (excludes halogenated alkanes) is 2. The normalized spacial score (nSPS) is 10.7. The van der Waals surface area contributed by atoms with E-state index in [1.165, 1.54) is 0 Å². The number of aliphatic hydroxyl groups is 1. The quantitative estimate of drug-likeness (QED) is 0.670. The highest BCUT2D eigenvalue weighted by molar-refractivity contribution is 5.22. The van der Waals surface area contributed by atoms with Crippen molar-refractivity contribution in [2.24, 2.45) is 0 Å². The van der Waals surface area contributed by atoms with Crippen LogP contribution in [0, 0.1) is 0 Å². The van der Waals surface area contributed by atoms with Crippen LogP contribution in [0.5, 0.6) is 0 Å². The van der Waals surface area contributed by atoms with Crippen molar-refractivity contribution in [2.45, 2.75) is 58.0 Å². The molecular weight excluding hydrogens is 268 g/mol. The third-order valence-corrected chi connectivity index (χ3v) is 3.87. The van der Waals surface area contributed by atoms with E-state index in [2.05, 4.69) is 13.8 Å². The van der Waals surface area contributed by atoms with Crippen LogP contribution < -0.4 is 0 Å². The van der Waals surface area contributed by atoms with Gasteiger partial charge in [-0.05, 0) is 18.4 Å². The van der Waals surface area contributed by atoms with Crippen molar-refractivity contribution >= 4 is 0 Å². The van der Waals surface area contributed by atoms with E-state index in [1.54, 1.807) is 0 Å². The molecule has 0 unspecified atom stereocenters. The molecule has 1 heteroatoms. The zero-order chi connectivity index (χ0) is 16.1. The molecule has 0 saturated heterocycles. The summed E-state index contributed by atoms with van der Waals surface area (Å²) in [5, 5.41) is 10.7. The molecule has 22 heavy (non-hydrogen) atoms. The predicted octanol–water partition coefficient (Wildman–Crippen LogP) is 5.94. The minimum atomic E-state index is -0.604. The number of hydrogen-bond acceptors (Lipinski definition) is 1. The molecule has 0 atom stereocenters. The lowest BCUT2D eigenvalue weighted by Gasteiger charge is -2.28. The highest BCUT2D eigenvalue weighted by Crippen LogP contribution is 2.32. The summed E-state index contributed by atoms with van der Waals surface area (Å²) < 4.78 is 0. The Morgan fingerprint density at radius 2 is 1.05 bits per heavy atom. The van der Waals surface area contributed by atoms with Gasteiger partial charge in [-0.2, -0.15) is 0 Å². The first kappa shape index (κ1) is 18.4. The van der Waals surface area contributed by atoms with Gasteiger partial charge >= 0.3 is 0 Å². The Bertz CT molecular complexity index is 429. The maximum Gasteiger partial charge on any atom is 0.0896 e. The Kier molecular flexibility index (Phi) is 9.25. The topological polar surface area (TPSA) is 20.2 Å². The first-order chi connectivity index (χ1) is 10.7. The minimum absolute atomic E-state index is 0.604. The van der Waals surface area contributed by atoms with E-state index in [1.807, 2.05) is 66.7 Å². The Morgan fingerprint density at radius 1 is 0.682 bits per heavy atom. The molecule has 0 aromatic heterocycles. The standard InChI is InChI=1S/C15H24O.C6H6/c1-3-5-12-15(16,13-6-4-2)14-10-8-7-9-11-14;1-2-4-6-5-3-1/h7-11,16H,3-6,12-13H2,1-2H3;1-6H. The first-order valence-electron chi connectivity index (χ1n) is 8.51. The second-order valence-corrected chi connectivity index (χ2v) is 5.76. The van der Waals surface area contributed by atoms with Gasteiger partial charge in [0.1, 0.15) is 0 Å².